The average molecular weight is 494 g/mol. The highest BCUT2D eigenvalue weighted by atomic mass is 32.1. The van der Waals surface area contributed by atoms with Crippen LogP contribution in [-0.4, -0.2) is 53.9 Å². The molecule has 2 heterocycles. The number of carboxylic acid groups (broad SMARTS) is 1. The summed E-state index contributed by atoms with van der Waals surface area (Å²) in [6, 6.07) is 15.7. The molecule has 9 nitrogen and oxygen atoms in total. The lowest BCUT2D eigenvalue weighted by atomic mass is 9.98. The highest BCUT2D eigenvalue weighted by Gasteiger charge is 2.36. The smallest absolute Gasteiger partial charge is 0.407 e. The summed E-state index contributed by atoms with van der Waals surface area (Å²) >= 11 is 1.000. The van der Waals surface area contributed by atoms with Crippen LogP contribution >= 0.6 is 11.3 Å². The maximum Gasteiger partial charge on any atom is 0.407 e. The second-order valence-electron chi connectivity index (χ2n) is 8.36. The fourth-order valence-electron chi connectivity index (χ4n) is 4.53. The summed E-state index contributed by atoms with van der Waals surface area (Å²) in [5, 5.41) is 15.0. The van der Waals surface area contributed by atoms with Gasteiger partial charge in [0.15, 0.2) is 0 Å². The maximum atomic E-state index is 12.7. The highest BCUT2D eigenvalue weighted by molar-refractivity contribution is 7.13. The number of carbonyl (C=O) groups is 3. The van der Waals surface area contributed by atoms with Gasteiger partial charge in [0.2, 0.25) is 5.91 Å². The molecule has 10 heteroatoms. The van der Waals surface area contributed by atoms with Crippen LogP contribution in [0, 0.1) is 5.92 Å². The van der Waals surface area contributed by atoms with Crippen LogP contribution < -0.4 is 10.6 Å². The van der Waals surface area contributed by atoms with Crippen molar-refractivity contribution in [3.63, 3.8) is 0 Å². The van der Waals surface area contributed by atoms with E-state index >= 15 is 0 Å². The number of fused-ring (bicyclic) bond motifs is 3. The van der Waals surface area contributed by atoms with Crippen molar-refractivity contribution in [3.8, 4) is 11.1 Å². The molecular formula is C25H23N3O6S. The summed E-state index contributed by atoms with van der Waals surface area (Å²) < 4.78 is 11.0. The van der Waals surface area contributed by atoms with Crippen molar-refractivity contribution in [1.29, 1.82) is 0 Å². The number of aromatic nitrogens is 1. The summed E-state index contributed by atoms with van der Waals surface area (Å²) in [5.41, 5.74) is 4.54. The number of ether oxygens (including phenoxy) is 2. The number of alkyl carbamates (subject to hydrolysis) is 1. The van der Waals surface area contributed by atoms with Gasteiger partial charge < -0.3 is 25.2 Å². The van der Waals surface area contributed by atoms with Gasteiger partial charge in [-0.1, -0.05) is 48.5 Å². The van der Waals surface area contributed by atoms with Crippen LogP contribution in [0.15, 0.2) is 54.7 Å². The van der Waals surface area contributed by atoms with E-state index in [1.807, 2.05) is 36.4 Å². The first-order valence-electron chi connectivity index (χ1n) is 11.2. The van der Waals surface area contributed by atoms with E-state index in [9.17, 15) is 14.4 Å². The molecular weight excluding hydrogens is 470 g/mol. The minimum atomic E-state index is -1.06. The van der Waals surface area contributed by atoms with E-state index in [1.54, 1.807) is 0 Å². The third kappa shape index (κ3) is 4.75. The molecule has 5 rings (SSSR count). The van der Waals surface area contributed by atoms with Gasteiger partial charge in [-0.15, -0.1) is 11.3 Å². The fourth-order valence-corrected chi connectivity index (χ4v) is 5.23. The van der Waals surface area contributed by atoms with E-state index in [-0.39, 0.29) is 43.1 Å². The highest BCUT2D eigenvalue weighted by Crippen LogP contribution is 2.44. The molecule has 0 bridgehead atoms. The van der Waals surface area contributed by atoms with E-state index in [2.05, 4.69) is 27.8 Å². The molecule has 0 saturated carbocycles. The number of thiazole rings is 1. The number of nitrogens with one attached hydrogen (secondary N) is 2. The number of nitrogens with zero attached hydrogens (tertiary/aromatic N) is 1. The van der Waals surface area contributed by atoms with Crippen molar-refractivity contribution in [2.75, 3.05) is 19.8 Å². The van der Waals surface area contributed by atoms with Crippen molar-refractivity contribution < 1.29 is 29.0 Å². The second kappa shape index (κ2) is 9.85. The predicted octanol–water partition coefficient (Wildman–Crippen LogP) is 3.01. The van der Waals surface area contributed by atoms with Crippen molar-refractivity contribution in [2.24, 2.45) is 5.92 Å². The summed E-state index contributed by atoms with van der Waals surface area (Å²) in [6.45, 7) is 0.645. The summed E-state index contributed by atoms with van der Waals surface area (Å²) in [6.07, 6.45) is 0.653. The first-order chi connectivity index (χ1) is 17.0. The lowest BCUT2D eigenvalue weighted by Crippen LogP contribution is -2.46. The molecule has 2 aromatic carbocycles. The lowest BCUT2D eigenvalue weighted by molar-refractivity contribution is -0.125. The van der Waals surface area contributed by atoms with Gasteiger partial charge in [0.1, 0.15) is 16.5 Å². The van der Waals surface area contributed by atoms with Crippen LogP contribution in [0.1, 0.15) is 31.7 Å². The lowest BCUT2D eigenvalue weighted by Gasteiger charge is -2.19. The predicted molar refractivity (Wildman–Crippen MR) is 127 cm³/mol. The van der Waals surface area contributed by atoms with E-state index in [0.717, 1.165) is 33.6 Å². The zero-order valence-electron chi connectivity index (χ0n) is 18.6. The Morgan fingerprint density at radius 1 is 1.06 bits per heavy atom. The molecule has 1 aliphatic carbocycles. The molecule has 1 saturated heterocycles. The zero-order valence-corrected chi connectivity index (χ0v) is 19.4. The Labute approximate surface area is 205 Å². The molecule has 0 spiro atoms. The Balaban J connectivity index is 1.16. The number of rotatable bonds is 7. The minimum Gasteiger partial charge on any atom is -0.477 e. The van der Waals surface area contributed by atoms with Crippen LogP contribution in [0.3, 0.4) is 0 Å². The van der Waals surface area contributed by atoms with Gasteiger partial charge in [-0.25, -0.2) is 14.6 Å². The topological polar surface area (TPSA) is 127 Å². The molecule has 1 fully saturated rings. The Morgan fingerprint density at radius 3 is 2.40 bits per heavy atom. The van der Waals surface area contributed by atoms with Crippen LogP contribution in [0.2, 0.25) is 0 Å². The van der Waals surface area contributed by atoms with E-state index in [4.69, 9.17) is 14.6 Å². The van der Waals surface area contributed by atoms with Crippen LogP contribution in [-0.2, 0) is 20.8 Å². The molecule has 2 unspecified atom stereocenters. The SMILES string of the molecule is O=C(NC1COCC1C(=O)NCc1ncc(C(=O)O)s1)OCC1c2ccccc2-c2ccccc21. The van der Waals surface area contributed by atoms with E-state index < -0.39 is 24.0 Å². The van der Waals surface area contributed by atoms with Crippen molar-refractivity contribution in [1.82, 2.24) is 15.6 Å². The Bertz CT molecular complexity index is 1230. The van der Waals surface area contributed by atoms with Crippen molar-refractivity contribution in [2.45, 2.75) is 18.5 Å². The van der Waals surface area contributed by atoms with Gasteiger partial charge in [0, 0.05) is 5.92 Å². The fraction of sp³-hybridized carbons (Fsp3) is 0.280. The molecule has 35 heavy (non-hydrogen) atoms. The minimum absolute atomic E-state index is 0.0546. The normalized spacial score (nSPS) is 18.5. The monoisotopic (exact) mass is 493 g/mol. The number of hydrogen-bond acceptors (Lipinski definition) is 7. The zero-order chi connectivity index (χ0) is 24.4. The number of carboxylic acids is 1. The maximum absolute atomic E-state index is 12.7. The third-order valence-electron chi connectivity index (χ3n) is 6.24. The molecule has 0 radical (unpaired) electrons. The first-order valence-corrected chi connectivity index (χ1v) is 12.0. The van der Waals surface area contributed by atoms with Gasteiger partial charge in [0.25, 0.3) is 0 Å². The van der Waals surface area contributed by atoms with Crippen LogP contribution in [0.4, 0.5) is 4.79 Å². The number of benzene rings is 2. The molecule has 180 valence electrons. The third-order valence-corrected chi connectivity index (χ3v) is 7.23. The van der Waals surface area contributed by atoms with Crippen molar-refractivity contribution >= 4 is 29.3 Å². The molecule has 3 aromatic rings. The van der Waals surface area contributed by atoms with Gasteiger partial charge in [-0.3, -0.25) is 4.79 Å². The number of amides is 2. The summed E-state index contributed by atoms with van der Waals surface area (Å²) in [4.78, 5) is 40.4. The quantitative estimate of drug-likeness (QED) is 0.462. The van der Waals surface area contributed by atoms with Crippen LogP contribution in [0.25, 0.3) is 11.1 Å². The molecule has 1 aliphatic heterocycles. The van der Waals surface area contributed by atoms with E-state index in [1.165, 1.54) is 6.20 Å². The number of aromatic carboxylic acids is 1. The average Bonchev–Trinajstić information content (AvgIpc) is 3.59. The number of carbonyl (C=O) groups excluding carboxylic acids is 2. The van der Waals surface area contributed by atoms with E-state index in [0.29, 0.717) is 5.01 Å². The van der Waals surface area contributed by atoms with Gasteiger partial charge in [-0.05, 0) is 22.3 Å². The molecule has 2 amide bonds. The van der Waals surface area contributed by atoms with Gasteiger partial charge >= 0.3 is 12.1 Å². The summed E-state index contributed by atoms with van der Waals surface area (Å²) in [7, 11) is 0. The Morgan fingerprint density at radius 2 is 1.74 bits per heavy atom. The van der Waals surface area contributed by atoms with Gasteiger partial charge in [-0.2, -0.15) is 0 Å². The van der Waals surface area contributed by atoms with Crippen molar-refractivity contribution in [3.05, 3.63) is 75.7 Å². The standard InChI is InChI=1S/C25H23N3O6S/c29-23(27-10-22-26-9-21(35-22)24(30)31)19-11-33-13-20(19)28-25(32)34-12-18-16-7-3-1-5-14(16)15-6-2-4-8-17(15)18/h1-9,18-20H,10-13H2,(H,27,29)(H,28,32)(H,30,31). The molecule has 3 N–H and O–H groups in total. The number of hydrogen-bond donors (Lipinski definition) is 3. The Kier molecular flexibility index (Phi) is 6.47. The second-order valence-corrected chi connectivity index (χ2v) is 9.48. The molecule has 2 aliphatic rings. The largest absolute Gasteiger partial charge is 0.477 e. The van der Waals surface area contributed by atoms with Gasteiger partial charge in [0.05, 0.1) is 37.9 Å². The first kappa shape index (κ1) is 23.0. The molecule has 1 aromatic heterocycles. The summed E-state index contributed by atoms with van der Waals surface area (Å²) in [5.74, 6) is -2.01. The van der Waals surface area contributed by atoms with Crippen LogP contribution in [0.5, 0.6) is 0 Å². The Hall–Kier alpha value is -3.76. The molecule has 2 atom stereocenters.